The molecule has 18 heavy (non-hydrogen) atoms. The van der Waals surface area contributed by atoms with Crippen molar-refractivity contribution in [2.75, 3.05) is 5.32 Å². The van der Waals surface area contributed by atoms with Gasteiger partial charge in [0.2, 0.25) is 0 Å². The zero-order valence-electron chi connectivity index (χ0n) is 9.75. The van der Waals surface area contributed by atoms with Gasteiger partial charge < -0.3 is 5.32 Å². The molecular formula is C14H12Br2FN. The molecule has 1 unspecified atom stereocenters. The Bertz CT molecular complexity index is 557. The van der Waals surface area contributed by atoms with Gasteiger partial charge in [-0.25, -0.2) is 4.39 Å². The molecule has 0 saturated heterocycles. The molecule has 0 aliphatic heterocycles. The van der Waals surface area contributed by atoms with Gasteiger partial charge in [0, 0.05) is 16.2 Å². The number of nitrogens with one attached hydrogen (secondary N) is 1. The van der Waals surface area contributed by atoms with E-state index < -0.39 is 0 Å². The van der Waals surface area contributed by atoms with Gasteiger partial charge in [-0.3, -0.25) is 0 Å². The van der Waals surface area contributed by atoms with Crippen molar-refractivity contribution < 1.29 is 4.39 Å². The van der Waals surface area contributed by atoms with Gasteiger partial charge in [0.1, 0.15) is 5.82 Å². The van der Waals surface area contributed by atoms with Crippen LogP contribution in [0.4, 0.5) is 10.1 Å². The van der Waals surface area contributed by atoms with Gasteiger partial charge in [-0.05, 0) is 58.7 Å². The first-order chi connectivity index (χ1) is 8.56. The van der Waals surface area contributed by atoms with E-state index in [0.29, 0.717) is 4.47 Å². The zero-order valence-corrected chi connectivity index (χ0v) is 12.9. The highest BCUT2D eigenvalue weighted by Gasteiger charge is 2.07. The number of rotatable bonds is 3. The minimum Gasteiger partial charge on any atom is -0.378 e. The molecule has 0 fully saturated rings. The summed E-state index contributed by atoms with van der Waals surface area (Å²) in [6.45, 7) is 2.04. The SMILES string of the molecule is CC(Nc1ccc(Br)c(F)c1)c1cccc(Br)c1. The van der Waals surface area contributed by atoms with Crippen LogP contribution in [0.2, 0.25) is 0 Å². The zero-order chi connectivity index (χ0) is 13.1. The van der Waals surface area contributed by atoms with Gasteiger partial charge in [-0.2, -0.15) is 0 Å². The third kappa shape index (κ3) is 3.33. The van der Waals surface area contributed by atoms with E-state index in [-0.39, 0.29) is 11.9 Å². The molecule has 0 radical (unpaired) electrons. The van der Waals surface area contributed by atoms with E-state index in [0.717, 1.165) is 15.7 Å². The standard InChI is InChI=1S/C14H12Br2FN/c1-9(10-3-2-4-11(15)7-10)18-12-5-6-13(16)14(17)8-12/h2-9,18H,1H3. The summed E-state index contributed by atoms with van der Waals surface area (Å²) in [7, 11) is 0. The summed E-state index contributed by atoms with van der Waals surface area (Å²) in [5.74, 6) is -0.263. The maximum atomic E-state index is 13.4. The van der Waals surface area contributed by atoms with E-state index in [1.165, 1.54) is 6.07 Å². The van der Waals surface area contributed by atoms with E-state index >= 15 is 0 Å². The lowest BCUT2D eigenvalue weighted by atomic mass is 10.1. The molecule has 2 aromatic carbocycles. The minimum atomic E-state index is -0.263. The molecule has 0 aliphatic carbocycles. The van der Waals surface area contributed by atoms with E-state index in [2.05, 4.69) is 37.2 Å². The highest BCUT2D eigenvalue weighted by molar-refractivity contribution is 9.10. The molecule has 0 aromatic heterocycles. The van der Waals surface area contributed by atoms with Crippen molar-refractivity contribution in [3.8, 4) is 0 Å². The van der Waals surface area contributed by atoms with E-state index in [9.17, 15) is 4.39 Å². The highest BCUT2D eigenvalue weighted by Crippen LogP contribution is 2.24. The summed E-state index contributed by atoms with van der Waals surface area (Å²) in [5.41, 5.74) is 1.91. The Morgan fingerprint density at radius 1 is 1.11 bits per heavy atom. The molecule has 4 heteroatoms. The van der Waals surface area contributed by atoms with Crippen molar-refractivity contribution in [1.82, 2.24) is 0 Å². The number of hydrogen-bond donors (Lipinski definition) is 1. The Hall–Kier alpha value is -0.870. The van der Waals surface area contributed by atoms with Crippen LogP contribution in [0.1, 0.15) is 18.5 Å². The third-order valence-corrected chi connectivity index (χ3v) is 3.79. The van der Waals surface area contributed by atoms with Crippen molar-refractivity contribution >= 4 is 37.5 Å². The van der Waals surface area contributed by atoms with Gasteiger partial charge in [0.05, 0.1) is 4.47 Å². The Kier molecular flexibility index (Phi) is 4.40. The third-order valence-electron chi connectivity index (χ3n) is 2.65. The maximum absolute atomic E-state index is 13.4. The topological polar surface area (TPSA) is 12.0 Å². The molecule has 94 valence electrons. The monoisotopic (exact) mass is 371 g/mol. The molecule has 1 atom stereocenters. The molecule has 1 N–H and O–H groups in total. The molecule has 0 aliphatic rings. The van der Waals surface area contributed by atoms with Gasteiger partial charge >= 0.3 is 0 Å². The van der Waals surface area contributed by atoms with E-state index in [1.807, 2.05) is 37.3 Å². The maximum Gasteiger partial charge on any atom is 0.139 e. The molecule has 0 saturated carbocycles. The molecule has 2 aromatic rings. The van der Waals surface area contributed by atoms with Crippen LogP contribution < -0.4 is 5.32 Å². The lowest BCUT2D eigenvalue weighted by Gasteiger charge is -2.16. The summed E-state index contributed by atoms with van der Waals surface area (Å²) >= 11 is 6.58. The first-order valence-corrected chi connectivity index (χ1v) is 7.12. The van der Waals surface area contributed by atoms with Crippen LogP contribution >= 0.6 is 31.9 Å². The molecule has 0 amide bonds. The van der Waals surface area contributed by atoms with Crippen LogP contribution in [0.25, 0.3) is 0 Å². The number of benzene rings is 2. The van der Waals surface area contributed by atoms with Crippen LogP contribution in [0.15, 0.2) is 51.4 Å². The Morgan fingerprint density at radius 3 is 2.56 bits per heavy atom. The fourth-order valence-corrected chi connectivity index (χ4v) is 2.36. The number of anilines is 1. The van der Waals surface area contributed by atoms with Gasteiger partial charge in [-0.1, -0.05) is 28.1 Å². The lowest BCUT2D eigenvalue weighted by Crippen LogP contribution is -2.06. The second-order valence-corrected chi connectivity index (χ2v) is 5.82. The summed E-state index contributed by atoms with van der Waals surface area (Å²) < 4.78 is 14.9. The second kappa shape index (κ2) is 5.85. The summed E-state index contributed by atoms with van der Waals surface area (Å²) in [5, 5.41) is 3.27. The van der Waals surface area contributed by atoms with Crippen LogP contribution in [0.3, 0.4) is 0 Å². The van der Waals surface area contributed by atoms with Gasteiger partial charge in [-0.15, -0.1) is 0 Å². The van der Waals surface area contributed by atoms with Crippen LogP contribution in [-0.4, -0.2) is 0 Å². The van der Waals surface area contributed by atoms with Crippen molar-refractivity contribution in [3.05, 3.63) is 62.8 Å². The predicted octanol–water partition coefficient (Wildman–Crippen LogP) is 5.52. The molecule has 0 bridgehead atoms. The first-order valence-electron chi connectivity index (χ1n) is 5.53. The number of halogens is 3. The lowest BCUT2D eigenvalue weighted by molar-refractivity contribution is 0.621. The van der Waals surface area contributed by atoms with Crippen LogP contribution in [0, 0.1) is 5.82 Å². The fourth-order valence-electron chi connectivity index (χ4n) is 1.70. The van der Waals surface area contributed by atoms with Gasteiger partial charge in [0.25, 0.3) is 0 Å². The Morgan fingerprint density at radius 2 is 1.89 bits per heavy atom. The Labute approximate surface area is 123 Å². The quantitative estimate of drug-likeness (QED) is 0.747. The molecule has 0 spiro atoms. The summed E-state index contributed by atoms with van der Waals surface area (Å²) in [4.78, 5) is 0. The normalized spacial score (nSPS) is 12.2. The van der Waals surface area contributed by atoms with Crippen molar-refractivity contribution in [3.63, 3.8) is 0 Å². The predicted molar refractivity (Wildman–Crippen MR) is 80.3 cm³/mol. The molecule has 2 rings (SSSR count). The van der Waals surface area contributed by atoms with E-state index in [4.69, 9.17) is 0 Å². The van der Waals surface area contributed by atoms with E-state index in [1.54, 1.807) is 6.07 Å². The smallest absolute Gasteiger partial charge is 0.139 e. The molecule has 1 nitrogen and oxygen atoms in total. The van der Waals surface area contributed by atoms with Crippen LogP contribution in [-0.2, 0) is 0 Å². The average Bonchev–Trinajstić information content (AvgIpc) is 2.34. The van der Waals surface area contributed by atoms with Gasteiger partial charge in [0.15, 0.2) is 0 Å². The number of hydrogen-bond acceptors (Lipinski definition) is 1. The average molecular weight is 373 g/mol. The molecular weight excluding hydrogens is 361 g/mol. The summed E-state index contributed by atoms with van der Waals surface area (Å²) in [6.07, 6.45) is 0. The summed E-state index contributed by atoms with van der Waals surface area (Å²) in [6, 6.07) is 13.2. The first kappa shape index (κ1) is 13.6. The van der Waals surface area contributed by atoms with Crippen molar-refractivity contribution in [2.24, 2.45) is 0 Å². The Balaban J connectivity index is 2.16. The highest BCUT2D eigenvalue weighted by atomic mass is 79.9. The van der Waals surface area contributed by atoms with Crippen molar-refractivity contribution in [1.29, 1.82) is 0 Å². The van der Waals surface area contributed by atoms with Crippen LogP contribution in [0.5, 0.6) is 0 Å². The molecule has 0 heterocycles. The largest absolute Gasteiger partial charge is 0.378 e. The second-order valence-electron chi connectivity index (χ2n) is 4.05. The fraction of sp³-hybridized carbons (Fsp3) is 0.143. The minimum absolute atomic E-state index is 0.114. The van der Waals surface area contributed by atoms with Crippen molar-refractivity contribution in [2.45, 2.75) is 13.0 Å².